The van der Waals surface area contributed by atoms with Gasteiger partial charge in [0.2, 0.25) is 10.0 Å². The number of sulfonamides is 1. The van der Waals surface area contributed by atoms with E-state index >= 15 is 0 Å². The van der Waals surface area contributed by atoms with Crippen LogP contribution in [0.4, 0.5) is 5.82 Å². The summed E-state index contributed by atoms with van der Waals surface area (Å²) in [6, 6.07) is 3.10. The van der Waals surface area contributed by atoms with Gasteiger partial charge in [-0.2, -0.15) is 0 Å². The lowest BCUT2D eigenvalue weighted by Gasteiger charge is -2.26. The van der Waals surface area contributed by atoms with Crippen LogP contribution in [0.2, 0.25) is 0 Å². The molecule has 0 aromatic carbocycles. The highest BCUT2D eigenvalue weighted by molar-refractivity contribution is 7.89. The van der Waals surface area contributed by atoms with Crippen LogP contribution in [0.25, 0.3) is 0 Å². The Bertz CT molecular complexity index is 602. The lowest BCUT2D eigenvalue weighted by Crippen LogP contribution is -2.33. The molecule has 116 valence electrons. The molecule has 0 saturated heterocycles. The molecule has 1 aromatic rings. The topological polar surface area (TPSA) is 88.3 Å². The molecule has 7 heteroatoms. The first-order valence-corrected chi connectivity index (χ1v) is 8.83. The van der Waals surface area contributed by atoms with Gasteiger partial charge in [0.15, 0.2) is 0 Å². The van der Waals surface area contributed by atoms with Crippen molar-refractivity contribution in [3.05, 3.63) is 18.3 Å². The summed E-state index contributed by atoms with van der Waals surface area (Å²) in [5.74, 6) is 7.75. The zero-order valence-electron chi connectivity index (χ0n) is 12.2. The molecule has 0 radical (unpaired) electrons. The van der Waals surface area contributed by atoms with Gasteiger partial charge in [-0.25, -0.2) is 23.5 Å². The van der Waals surface area contributed by atoms with Gasteiger partial charge in [0.25, 0.3) is 0 Å². The Kier molecular flexibility index (Phi) is 3.90. The molecule has 2 saturated carbocycles. The molecule has 2 fully saturated rings. The number of nitrogens with two attached hydrogens (primary N) is 1. The minimum absolute atomic E-state index is 0.215. The molecule has 0 spiro atoms. The van der Waals surface area contributed by atoms with Crippen molar-refractivity contribution < 1.29 is 8.42 Å². The average molecular weight is 310 g/mol. The van der Waals surface area contributed by atoms with Crippen LogP contribution in [0.15, 0.2) is 23.2 Å². The van der Waals surface area contributed by atoms with E-state index in [4.69, 9.17) is 5.84 Å². The summed E-state index contributed by atoms with van der Waals surface area (Å²) in [6.45, 7) is 0.611. The first-order chi connectivity index (χ1) is 10.0. The molecule has 1 heterocycles. The van der Waals surface area contributed by atoms with Crippen LogP contribution in [0.5, 0.6) is 0 Å². The summed E-state index contributed by atoms with van der Waals surface area (Å²) in [4.78, 5) is 4.19. The van der Waals surface area contributed by atoms with Crippen molar-refractivity contribution in [3.63, 3.8) is 0 Å². The van der Waals surface area contributed by atoms with Crippen LogP contribution in [-0.4, -0.2) is 31.3 Å². The van der Waals surface area contributed by atoms with E-state index < -0.39 is 10.0 Å². The molecule has 3 N–H and O–H groups in total. The summed E-state index contributed by atoms with van der Waals surface area (Å²) in [6.07, 6.45) is 6.41. The van der Waals surface area contributed by atoms with Crippen LogP contribution in [0.1, 0.15) is 25.7 Å². The fourth-order valence-electron chi connectivity index (χ4n) is 3.83. The molecular formula is C14H22N4O2S. The highest BCUT2D eigenvalue weighted by Gasteiger charge is 2.40. The Morgan fingerprint density at radius 3 is 2.71 bits per heavy atom. The minimum atomic E-state index is -3.47. The molecule has 2 aliphatic carbocycles. The number of aromatic nitrogens is 1. The van der Waals surface area contributed by atoms with E-state index in [9.17, 15) is 8.42 Å². The first-order valence-electron chi connectivity index (χ1n) is 7.39. The molecule has 0 aliphatic heterocycles. The zero-order chi connectivity index (χ0) is 15.0. The van der Waals surface area contributed by atoms with Crippen LogP contribution < -0.4 is 11.3 Å². The highest BCUT2D eigenvalue weighted by Crippen LogP contribution is 2.48. The number of hydrazine groups is 1. The van der Waals surface area contributed by atoms with Crippen molar-refractivity contribution in [1.29, 1.82) is 0 Å². The van der Waals surface area contributed by atoms with E-state index in [1.165, 1.54) is 42.3 Å². The van der Waals surface area contributed by atoms with E-state index in [0.717, 1.165) is 11.8 Å². The van der Waals surface area contributed by atoms with Gasteiger partial charge >= 0.3 is 0 Å². The zero-order valence-corrected chi connectivity index (χ0v) is 13.0. The van der Waals surface area contributed by atoms with Gasteiger partial charge in [-0.1, -0.05) is 6.42 Å². The fraction of sp³-hybridized carbons (Fsp3) is 0.643. The number of pyridine rings is 1. The molecule has 6 nitrogen and oxygen atoms in total. The lowest BCUT2D eigenvalue weighted by molar-refractivity contribution is 0.280. The largest absolute Gasteiger partial charge is 0.308 e. The number of anilines is 1. The van der Waals surface area contributed by atoms with Crippen molar-refractivity contribution in [2.45, 2.75) is 30.6 Å². The molecule has 21 heavy (non-hydrogen) atoms. The van der Waals surface area contributed by atoms with Crippen LogP contribution >= 0.6 is 0 Å². The van der Waals surface area contributed by atoms with E-state index in [2.05, 4.69) is 10.4 Å². The second-order valence-corrected chi connectivity index (χ2v) is 8.29. The summed E-state index contributed by atoms with van der Waals surface area (Å²) < 4.78 is 26.6. The fourth-order valence-corrected chi connectivity index (χ4v) is 5.00. The summed E-state index contributed by atoms with van der Waals surface area (Å²) in [5, 5.41) is 0. The van der Waals surface area contributed by atoms with Crippen molar-refractivity contribution >= 4 is 15.8 Å². The summed E-state index contributed by atoms with van der Waals surface area (Å²) in [7, 11) is -1.80. The van der Waals surface area contributed by atoms with E-state index in [1.807, 2.05) is 0 Å². The van der Waals surface area contributed by atoms with E-state index in [-0.39, 0.29) is 4.90 Å². The van der Waals surface area contributed by atoms with Gasteiger partial charge in [-0.15, -0.1) is 0 Å². The second kappa shape index (κ2) is 5.55. The lowest BCUT2D eigenvalue weighted by atomic mass is 9.89. The Morgan fingerprint density at radius 2 is 2.19 bits per heavy atom. The van der Waals surface area contributed by atoms with Crippen molar-refractivity contribution in [2.75, 3.05) is 19.0 Å². The van der Waals surface area contributed by atoms with Gasteiger partial charge < -0.3 is 5.43 Å². The van der Waals surface area contributed by atoms with Crippen LogP contribution in [0.3, 0.4) is 0 Å². The van der Waals surface area contributed by atoms with Gasteiger partial charge in [-0.05, 0) is 49.1 Å². The standard InChI is InChI=1S/C14H22N4O2S/c1-18(9-12-7-10-2-3-11(12)6-10)21(19,20)13-4-5-14(17-15)16-8-13/h4-5,8,10-12H,2-3,6-7,9,15H2,1H3,(H,16,17). The van der Waals surface area contributed by atoms with Crippen molar-refractivity contribution in [1.82, 2.24) is 9.29 Å². The summed E-state index contributed by atoms with van der Waals surface area (Å²) in [5.41, 5.74) is 2.39. The van der Waals surface area contributed by atoms with Gasteiger partial charge in [-0.3, -0.25) is 0 Å². The second-order valence-electron chi connectivity index (χ2n) is 6.24. The number of fused-ring (bicyclic) bond motifs is 2. The monoisotopic (exact) mass is 310 g/mol. The number of nitrogen functional groups attached to an aromatic ring is 1. The molecular weight excluding hydrogens is 288 g/mol. The van der Waals surface area contributed by atoms with Crippen LogP contribution in [-0.2, 0) is 10.0 Å². The Morgan fingerprint density at radius 1 is 1.38 bits per heavy atom. The molecule has 2 aliphatic rings. The molecule has 1 aromatic heterocycles. The molecule has 3 atom stereocenters. The summed E-state index contributed by atoms with van der Waals surface area (Å²) >= 11 is 0. The average Bonchev–Trinajstić information content (AvgIpc) is 3.09. The first kappa shape index (κ1) is 14.7. The third-order valence-corrected chi connectivity index (χ3v) is 6.78. The molecule has 3 rings (SSSR count). The number of rotatable bonds is 5. The highest BCUT2D eigenvalue weighted by atomic mass is 32.2. The third kappa shape index (κ3) is 2.77. The smallest absolute Gasteiger partial charge is 0.244 e. The van der Waals surface area contributed by atoms with Crippen LogP contribution in [0, 0.1) is 17.8 Å². The van der Waals surface area contributed by atoms with Crippen molar-refractivity contribution in [2.24, 2.45) is 23.6 Å². The maximum Gasteiger partial charge on any atom is 0.244 e. The number of hydrogen-bond donors (Lipinski definition) is 2. The molecule has 3 unspecified atom stereocenters. The normalized spacial score (nSPS) is 28.2. The van der Waals surface area contributed by atoms with Gasteiger partial charge in [0.1, 0.15) is 10.7 Å². The Balaban J connectivity index is 1.71. The third-order valence-electron chi connectivity index (χ3n) is 4.97. The van der Waals surface area contributed by atoms with Gasteiger partial charge in [0, 0.05) is 19.8 Å². The van der Waals surface area contributed by atoms with Gasteiger partial charge in [0.05, 0.1) is 0 Å². The predicted molar refractivity (Wildman–Crippen MR) is 80.8 cm³/mol. The maximum absolute atomic E-state index is 12.6. The SMILES string of the molecule is CN(CC1CC2CCC1C2)S(=O)(=O)c1ccc(NN)nc1. The van der Waals surface area contributed by atoms with E-state index in [0.29, 0.717) is 18.3 Å². The number of nitrogens with zero attached hydrogens (tertiary/aromatic N) is 2. The maximum atomic E-state index is 12.6. The Labute approximate surface area is 125 Å². The van der Waals surface area contributed by atoms with E-state index in [1.54, 1.807) is 13.1 Å². The molecule has 2 bridgehead atoms. The Hall–Kier alpha value is -1.18. The predicted octanol–water partition coefficient (Wildman–Crippen LogP) is 1.42. The number of nitrogens with one attached hydrogen (secondary N) is 1. The minimum Gasteiger partial charge on any atom is -0.308 e. The number of hydrogen-bond acceptors (Lipinski definition) is 5. The molecule has 0 amide bonds. The van der Waals surface area contributed by atoms with Crippen molar-refractivity contribution in [3.8, 4) is 0 Å². The quantitative estimate of drug-likeness (QED) is 0.634.